The maximum Gasteiger partial charge on any atom is 0.258 e. The van der Waals surface area contributed by atoms with Gasteiger partial charge in [0, 0.05) is 9.50 Å². The molecule has 2 rings (SSSR count). The van der Waals surface area contributed by atoms with E-state index in [0.717, 1.165) is 0 Å². The van der Waals surface area contributed by atoms with Gasteiger partial charge in [0.2, 0.25) is 0 Å². The Hall–Kier alpha value is -1.21. The molecular weight excluding hydrogens is 414 g/mol. The van der Waals surface area contributed by atoms with E-state index in [-0.39, 0.29) is 21.4 Å². The van der Waals surface area contributed by atoms with Crippen molar-refractivity contribution < 1.29 is 9.18 Å². The Morgan fingerprint density at radius 3 is 2.59 bits per heavy atom. The maximum absolute atomic E-state index is 13.7. The molecule has 0 aromatic heterocycles. The van der Waals surface area contributed by atoms with E-state index in [1.165, 1.54) is 24.3 Å². The molecule has 0 radical (unpaired) electrons. The first-order valence-electron chi connectivity index (χ1n) is 5.89. The predicted octanol–water partition coefficient (Wildman–Crippen LogP) is 5.02. The number of rotatable bonds is 2. The fourth-order valence-electron chi connectivity index (χ4n) is 1.59. The number of carbonyl (C=O) groups is 1. The van der Waals surface area contributed by atoms with Crippen molar-refractivity contribution in [1.29, 1.82) is 0 Å². The molecule has 0 saturated carbocycles. The lowest BCUT2D eigenvalue weighted by molar-refractivity contribution is 0.0978. The van der Waals surface area contributed by atoms with Gasteiger partial charge < -0.3 is 5.32 Å². The lowest BCUT2D eigenvalue weighted by atomic mass is 10.2. The van der Waals surface area contributed by atoms with E-state index in [1.54, 1.807) is 12.1 Å². The highest BCUT2D eigenvalue weighted by Gasteiger charge is 2.13. The highest BCUT2D eigenvalue weighted by molar-refractivity contribution is 9.10. The number of hydrogen-bond donors (Lipinski definition) is 2. The lowest BCUT2D eigenvalue weighted by Crippen LogP contribution is -2.34. The SMILES string of the molecule is O=C(NC(=S)Nc1ccc(Br)cc1F)c1cc(Cl)ccc1Cl. The van der Waals surface area contributed by atoms with Crippen molar-refractivity contribution in [2.45, 2.75) is 0 Å². The van der Waals surface area contributed by atoms with Crippen molar-refractivity contribution in [2.24, 2.45) is 0 Å². The van der Waals surface area contributed by atoms with Crippen LogP contribution in [0, 0.1) is 5.82 Å². The summed E-state index contributed by atoms with van der Waals surface area (Å²) < 4.78 is 14.3. The van der Waals surface area contributed by atoms with Gasteiger partial charge in [-0.15, -0.1) is 0 Å². The Labute approximate surface area is 149 Å². The maximum atomic E-state index is 13.7. The molecule has 0 aliphatic carbocycles. The molecular formula is C14H8BrCl2FN2OS. The van der Waals surface area contributed by atoms with Crippen molar-refractivity contribution in [1.82, 2.24) is 5.32 Å². The van der Waals surface area contributed by atoms with Gasteiger partial charge in [-0.2, -0.15) is 0 Å². The summed E-state index contributed by atoms with van der Waals surface area (Å²) >= 11 is 19.9. The Morgan fingerprint density at radius 2 is 1.91 bits per heavy atom. The van der Waals surface area contributed by atoms with Crippen molar-refractivity contribution in [3.63, 3.8) is 0 Å². The van der Waals surface area contributed by atoms with Crippen molar-refractivity contribution in [3.8, 4) is 0 Å². The van der Waals surface area contributed by atoms with Crippen LogP contribution in [0.3, 0.4) is 0 Å². The fraction of sp³-hybridized carbons (Fsp3) is 0. The van der Waals surface area contributed by atoms with E-state index in [9.17, 15) is 9.18 Å². The van der Waals surface area contributed by atoms with E-state index in [4.69, 9.17) is 35.4 Å². The van der Waals surface area contributed by atoms with Crippen molar-refractivity contribution in [2.75, 3.05) is 5.32 Å². The van der Waals surface area contributed by atoms with Gasteiger partial charge in [-0.3, -0.25) is 10.1 Å². The highest BCUT2D eigenvalue weighted by Crippen LogP contribution is 2.21. The molecule has 1 amide bonds. The molecule has 0 aliphatic rings. The van der Waals surface area contributed by atoms with Crippen LogP contribution in [0.4, 0.5) is 10.1 Å². The molecule has 2 N–H and O–H groups in total. The van der Waals surface area contributed by atoms with E-state index in [1.807, 2.05) is 0 Å². The molecule has 0 atom stereocenters. The number of hydrogen-bond acceptors (Lipinski definition) is 2. The number of carbonyl (C=O) groups excluding carboxylic acids is 1. The van der Waals surface area contributed by atoms with Gasteiger partial charge in [0.25, 0.3) is 5.91 Å². The monoisotopic (exact) mass is 420 g/mol. The van der Waals surface area contributed by atoms with E-state index >= 15 is 0 Å². The molecule has 0 fully saturated rings. The first-order valence-corrected chi connectivity index (χ1v) is 7.85. The summed E-state index contributed by atoms with van der Waals surface area (Å²) in [5, 5.41) is 5.56. The minimum absolute atomic E-state index is 0.0535. The Morgan fingerprint density at radius 1 is 1.18 bits per heavy atom. The Kier molecular flexibility index (Phi) is 5.74. The van der Waals surface area contributed by atoms with Crippen LogP contribution in [0.15, 0.2) is 40.9 Å². The quantitative estimate of drug-likeness (QED) is 0.668. The van der Waals surface area contributed by atoms with Gasteiger partial charge in [0.1, 0.15) is 5.82 Å². The predicted molar refractivity (Wildman–Crippen MR) is 94.2 cm³/mol. The zero-order chi connectivity index (χ0) is 16.3. The average molecular weight is 422 g/mol. The average Bonchev–Trinajstić information content (AvgIpc) is 2.44. The second-order valence-electron chi connectivity index (χ2n) is 4.16. The standard InChI is InChI=1S/C14H8BrCl2FN2OS/c15-7-1-4-12(11(18)5-7)19-14(22)20-13(21)9-6-8(16)2-3-10(9)17/h1-6H,(H2,19,20,21,22). The molecule has 3 nitrogen and oxygen atoms in total. The van der Waals surface area contributed by atoms with Gasteiger partial charge in [-0.25, -0.2) is 4.39 Å². The van der Waals surface area contributed by atoms with Crippen LogP contribution < -0.4 is 10.6 Å². The van der Waals surface area contributed by atoms with Crippen LogP contribution in [0.25, 0.3) is 0 Å². The van der Waals surface area contributed by atoms with Crippen LogP contribution in [-0.2, 0) is 0 Å². The molecule has 114 valence electrons. The van der Waals surface area contributed by atoms with Gasteiger partial charge in [0.05, 0.1) is 16.3 Å². The summed E-state index contributed by atoms with van der Waals surface area (Å²) in [6, 6.07) is 8.90. The van der Waals surface area contributed by atoms with Crippen LogP contribution >= 0.6 is 51.3 Å². The number of amides is 1. The normalized spacial score (nSPS) is 10.2. The van der Waals surface area contributed by atoms with E-state index < -0.39 is 11.7 Å². The summed E-state index contributed by atoms with van der Waals surface area (Å²) in [6.45, 7) is 0. The Bertz CT molecular complexity index is 758. The van der Waals surface area contributed by atoms with Crippen LogP contribution in [0.2, 0.25) is 10.0 Å². The van der Waals surface area contributed by atoms with Gasteiger partial charge in [0.15, 0.2) is 5.11 Å². The van der Waals surface area contributed by atoms with Crippen LogP contribution in [0.1, 0.15) is 10.4 Å². The summed E-state index contributed by atoms with van der Waals surface area (Å²) in [5.41, 5.74) is 0.320. The number of thiocarbonyl (C=S) groups is 1. The summed E-state index contributed by atoms with van der Waals surface area (Å²) in [6.07, 6.45) is 0. The number of nitrogens with one attached hydrogen (secondary N) is 2. The van der Waals surface area contributed by atoms with Crippen LogP contribution in [0.5, 0.6) is 0 Å². The molecule has 22 heavy (non-hydrogen) atoms. The van der Waals surface area contributed by atoms with Gasteiger partial charge in [-0.1, -0.05) is 39.1 Å². The largest absolute Gasteiger partial charge is 0.330 e. The Balaban J connectivity index is 2.08. The first kappa shape index (κ1) is 17.1. The summed E-state index contributed by atoms with van der Waals surface area (Å²) in [4.78, 5) is 12.1. The van der Waals surface area contributed by atoms with Crippen molar-refractivity contribution in [3.05, 3.63) is 62.3 Å². The minimum atomic E-state index is -0.539. The molecule has 0 spiro atoms. The van der Waals surface area contributed by atoms with E-state index in [2.05, 4.69) is 26.6 Å². The molecule has 0 aliphatic heterocycles. The molecule has 2 aromatic rings. The third-order valence-corrected chi connectivity index (χ3v) is 3.84. The molecule has 0 unspecified atom stereocenters. The summed E-state index contributed by atoms with van der Waals surface area (Å²) in [7, 11) is 0. The number of anilines is 1. The topological polar surface area (TPSA) is 41.1 Å². The zero-order valence-corrected chi connectivity index (χ0v) is 14.7. The van der Waals surface area contributed by atoms with Crippen LogP contribution in [-0.4, -0.2) is 11.0 Å². The van der Waals surface area contributed by atoms with Gasteiger partial charge >= 0.3 is 0 Å². The van der Waals surface area contributed by atoms with Crippen molar-refractivity contribution >= 4 is 68.1 Å². The zero-order valence-electron chi connectivity index (χ0n) is 10.8. The lowest BCUT2D eigenvalue weighted by Gasteiger charge is -2.11. The molecule has 0 saturated heterocycles. The second kappa shape index (κ2) is 7.37. The molecule has 8 heteroatoms. The molecule has 0 heterocycles. The third kappa shape index (κ3) is 4.39. The summed E-state index contributed by atoms with van der Waals surface area (Å²) in [5.74, 6) is -1.05. The number of benzene rings is 2. The number of halogens is 4. The van der Waals surface area contributed by atoms with Gasteiger partial charge in [-0.05, 0) is 48.6 Å². The molecule has 0 bridgehead atoms. The first-order chi connectivity index (χ1) is 10.4. The minimum Gasteiger partial charge on any atom is -0.330 e. The molecule has 2 aromatic carbocycles. The fourth-order valence-corrected chi connectivity index (χ4v) is 2.50. The second-order valence-corrected chi connectivity index (χ2v) is 6.32. The smallest absolute Gasteiger partial charge is 0.258 e. The third-order valence-electron chi connectivity index (χ3n) is 2.58. The van der Waals surface area contributed by atoms with E-state index in [0.29, 0.717) is 9.50 Å². The highest BCUT2D eigenvalue weighted by atomic mass is 79.9.